The van der Waals surface area contributed by atoms with Crippen LogP contribution in [0.25, 0.3) is 5.69 Å². The van der Waals surface area contributed by atoms with Gasteiger partial charge < -0.3 is 5.11 Å². The van der Waals surface area contributed by atoms with Crippen LogP contribution < -0.4 is 11.4 Å². The molecule has 7 nitrogen and oxygen atoms in total. The van der Waals surface area contributed by atoms with Crippen molar-refractivity contribution in [3.05, 3.63) is 92.1 Å². The molecule has 0 saturated heterocycles. The van der Waals surface area contributed by atoms with E-state index in [1.165, 1.54) is 9.36 Å². The van der Waals surface area contributed by atoms with Gasteiger partial charge in [-0.05, 0) is 50.1 Å². The van der Waals surface area contributed by atoms with Crippen LogP contribution in [0.5, 0.6) is 0 Å². The van der Waals surface area contributed by atoms with Crippen molar-refractivity contribution in [1.82, 2.24) is 13.9 Å². The van der Waals surface area contributed by atoms with Crippen molar-refractivity contribution in [2.45, 2.75) is 76.0 Å². The molecule has 186 valence electrons. The number of aliphatic hydroxyl groups is 1. The van der Waals surface area contributed by atoms with Gasteiger partial charge in [-0.3, -0.25) is 0 Å². The third kappa shape index (κ3) is 4.77. The molecule has 0 fully saturated rings. The van der Waals surface area contributed by atoms with Gasteiger partial charge in [-0.15, -0.1) is 0 Å². The summed E-state index contributed by atoms with van der Waals surface area (Å²) in [4.78, 5) is 28.5. The molecule has 0 bridgehead atoms. The number of aromatic nitrogens is 3. The number of rotatable bonds is 9. The van der Waals surface area contributed by atoms with Gasteiger partial charge in [-0.2, -0.15) is 0 Å². The summed E-state index contributed by atoms with van der Waals surface area (Å²) in [6, 6.07) is 14.9. The van der Waals surface area contributed by atoms with Crippen LogP contribution in [0.2, 0.25) is 0 Å². The monoisotopic (exact) mass is 495 g/mol. The summed E-state index contributed by atoms with van der Waals surface area (Å²) in [6.45, 7) is 6.00. The van der Waals surface area contributed by atoms with Gasteiger partial charge in [0.15, 0.2) is 0 Å². The molecule has 1 aromatic heterocycles. The Morgan fingerprint density at radius 2 is 1.60 bits per heavy atom. The summed E-state index contributed by atoms with van der Waals surface area (Å²) in [5.74, 6) is 0. The highest BCUT2D eigenvalue weighted by molar-refractivity contribution is 7.89. The van der Waals surface area contributed by atoms with Gasteiger partial charge >= 0.3 is 11.4 Å². The predicted molar refractivity (Wildman–Crippen MR) is 138 cm³/mol. The molecule has 1 unspecified atom stereocenters. The molecule has 0 aliphatic carbocycles. The minimum absolute atomic E-state index is 0.430. The third-order valence-corrected chi connectivity index (χ3v) is 8.00. The summed E-state index contributed by atoms with van der Waals surface area (Å²) in [5.41, 5.74) is 0.532. The lowest BCUT2D eigenvalue weighted by atomic mass is 10.0. The van der Waals surface area contributed by atoms with Gasteiger partial charge in [-0.25, -0.2) is 27.7 Å². The number of allylic oxidation sites excluding steroid dienone is 1. The van der Waals surface area contributed by atoms with E-state index in [1.807, 2.05) is 57.2 Å². The first-order chi connectivity index (χ1) is 16.9. The van der Waals surface area contributed by atoms with Gasteiger partial charge in [-0.1, -0.05) is 69.0 Å². The van der Waals surface area contributed by atoms with Gasteiger partial charge in [0.2, 0.25) is 0 Å². The molecule has 8 heteroatoms. The van der Waals surface area contributed by atoms with E-state index >= 15 is 0 Å². The van der Waals surface area contributed by atoms with E-state index in [1.54, 1.807) is 24.3 Å². The van der Waals surface area contributed by atoms with Crippen LogP contribution in [-0.2, 0) is 10.8 Å². The van der Waals surface area contributed by atoms with Crippen molar-refractivity contribution in [2.24, 2.45) is 0 Å². The first kappa shape index (κ1) is 25.1. The number of aliphatic hydroxyl groups excluding tert-OH is 1. The van der Waals surface area contributed by atoms with Gasteiger partial charge in [0.1, 0.15) is 6.04 Å². The fourth-order valence-corrected chi connectivity index (χ4v) is 6.11. The summed E-state index contributed by atoms with van der Waals surface area (Å²) < 4.78 is 17.8. The maximum atomic E-state index is 13.9. The number of nitrogens with zero attached hydrogens (tertiary/aromatic N) is 3. The topological polar surface area (TPSA) is 86.2 Å². The molecule has 0 radical (unpaired) electrons. The molecule has 0 saturated carbocycles. The van der Waals surface area contributed by atoms with Crippen LogP contribution in [0.3, 0.4) is 0 Å². The summed E-state index contributed by atoms with van der Waals surface area (Å²) in [7, 11) is -1.60. The number of aryl methyl sites for hydroxylation is 1. The Morgan fingerprint density at radius 1 is 0.943 bits per heavy atom. The number of para-hydroxylation sites is 1. The zero-order valence-corrected chi connectivity index (χ0v) is 21.3. The predicted octanol–water partition coefficient (Wildman–Crippen LogP) is 4.25. The number of hydrogen-bond donors (Lipinski definition) is 1. The van der Waals surface area contributed by atoms with E-state index < -0.39 is 40.4 Å². The van der Waals surface area contributed by atoms with Crippen LogP contribution in [-0.4, -0.2) is 29.4 Å². The second kappa shape index (κ2) is 10.7. The molecule has 1 aliphatic rings. The lowest BCUT2D eigenvalue weighted by molar-refractivity contribution is 0.0978. The minimum Gasteiger partial charge on any atom is -0.391 e. The maximum absolute atomic E-state index is 13.9. The van der Waals surface area contributed by atoms with Crippen molar-refractivity contribution >= 4 is 10.8 Å². The smallest absolute Gasteiger partial charge is 0.352 e. The largest absolute Gasteiger partial charge is 0.391 e. The summed E-state index contributed by atoms with van der Waals surface area (Å²) >= 11 is 0. The molecular formula is C27H33N3O4S. The van der Waals surface area contributed by atoms with E-state index in [0.29, 0.717) is 28.3 Å². The van der Waals surface area contributed by atoms with Crippen LogP contribution in [0.4, 0.5) is 0 Å². The number of fused-ring (bicyclic) bond motifs is 1. The molecule has 35 heavy (non-hydrogen) atoms. The Hall–Kier alpha value is -2.97. The van der Waals surface area contributed by atoms with Gasteiger partial charge in [0.05, 0.1) is 28.6 Å². The van der Waals surface area contributed by atoms with Crippen molar-refractivity contribution < 1.29 is 9.32 Å². The van der Waals surface area contributed by atoms with Gasteiger partial charge in [0.25, 0.3) is 0 Å². The van der Waals surface area contributed by atoms with Crippen LogP contribution in [0.1, 0.15) is 63.6 Å². The van der Waals surface area contributed by atoms with E-state index in [4.69, 9.17) is 0 Å². The summed E-state index contributed by atoms with van der Waals surface area (Å²) in [6.07, 6.45) is 4.30. The highest BCUT2D eigenvalue weighted by Crippen LogP contribution is 2.36. The molecule has 2 heterocycles. The Balaban J connectivity index is 1.94. The third-order valence-electron chi connectivity index (χ3n) is 6.50. The molecule has 4 rings (SSSR count). The fraction of sp³-hybridized carbons (Fsp3) is 0.407. The molecule has 1 N–H and O–H groups in total. The van der Waals surface area contributed by atoms with Crippen LogP contribution in [0.15, 0.2) is 80.1 Å². The Kier molecular flexibility index (Phi) is 7.72. The molecular weight excluding hydrogens is 462 g/mol. The van der Waals surface area contributed by atoms with Gasteiger partial charge in [0, 0.05) is 9.80 Å². The molecule has 1 aliphatic heterocycles. The fourth-order valence-electron chi connectivity index (χ4n) is 4.70. The van der Waals surface area contributed by atoms with Crippen molar-refractivity contribution in [3.63, 3.8) is 0 Å². The minimum atomic E-state index is -1.60. The number of benzene rings is 2. The molecule has 0 amide bonds. The normalized spacial score (nSPS) is 19.1. The van der Waals surface area contributed by atoms with E-state index in [2.05, 4.69) is 0 Å². The number of unbranched alkanes of at least 4 members (excludes halogenated alkanes) is 1. The highest BCUT2D eigenvalue weighted by Gasteiger charge is 2.39. The SMILES string of the molecule is CCCC[C@@H](O)[C@H]1C(S(=O)c2ccc(C)cc2)=C[C@H](CCC)n2c(=O)n(-c3ccccc3)c(=O)n21. The second-order valence-corrected chi connectivity index (χ2v) is 10.6. The zero-order valence-electron chi connectivity index (χ0n) is 20.5. The Morgan fingerprint density at radius 3 is 2.23 bits per heavy atom. The van der Waals surface area contributed by atoms with Crippen molar-refractivity contribution in [1.29, 1.82) is 0 Å². The van der Waals surface area contributed by atoms with E-state index in [0.717, 1.165) is 29.4 Å². The first-order valence-electron chi connectivity index (χ1n) is 12.3. The lowest BCUT2D eigenvalue weighted by Crippen LogP contribution is -2.43. The first-order valence-corrected chi connectivity index (χ1v) is 13.4. The average molecular weight is 496 g/mol. The van der Waals surface area contributed by atoms with Crippen molar-refractivity contribution in [2.75, 3.05) is 0 Å². The molecule has 3 aromatic rings. The van der Waals surface area contributed by atoms with Crippen LogP contribution >= 0.6 is 0 Å². The van der Waals surface area contributed by atoms with Crippen LogP contribution in [0, 0.1) is 6.92 Å². The Labute approximate surface area is 207 Å². The lowest BCUT2D eigenvalue weighted by Gasteiger charge is -2.34. The summed E-state index contributed by atoms with van der Waals surface area (Å²) in [5, 5.41) is 11.3. The average Bonchev–Trinajstić information content (AvgIpc) is 3.13. The highest BCUT2D eigenvalue weighted by atomic mass is 32.2. The number of hydrogen-bond acceptors (Lipinski definition) is 4. The zero-order chi connectivity index (χ0) is 25.1. The second-order valence-electron chi connectivity index (χ2n) is 9.09. The Bertz CT molecular complexity index is 1340. The molecule has 0 spiro atoms. The quantitative estimate of drug-likeness (QED) is 0.481. The van der Waals surface area contributed by atoms with E-state index in [-0.39, 0.29) is 0 Å². The molecule has 2 aromatic carbocycles. The molecule has 4 atom stereocenters. The maximum Gasteiger partial charge on any atom is 0.352 e. The van der Waals surface area contributed by atoms with E-state index in [9.17, 15) is 18.9 Å². The van der Waals surface area contributed by atoms with Crippen molar-refractivity contribution in [3.8, 4) is 5.69 Å². The standard InChI is InChI=1S/C27H33N3O4S/c1-4-6-13-23(31)25-24(35(34)22-16-14-19(3)15-17-22)18-21(10-5-2)29-26(32)28(27(33)30(25)29)20-11-8-7-9-12-20/h7-9,11-12,14-18,21,23,25,31H,4-6,10,13H2,1-3H3/t21-,23+,25-,35?/m0/s1.